The normalized spacial score (nSPS) is 10.8. The molecule has 3 aromatic rings. The van der Waals surface area contributed by atoms with Crippen LogP contribution in [0.5, 0.6) is 5.75 Å². The van der Waals surface area contributed by atoms with Gasteiger partial charge in [0, 0.05) is 36.7 Å². The van der Waals surface area contributed by atoms with E-state index in [1.807, 2.05) is 0 Å². The number of methoxy groups -OCH3 is 1. The van der Waals surface area contributed by atoms with Crippen molar-refractivity contribution in [2.24, 2.45) is 0 Å². The third kappa shape index (κ3) is 5.18. The molecule has 0 unspecified atom stereocenters. The Hall–Kier alpha value is -2.87. The van der Waals surface area contributed by atoms with Crippen molar-refractivity contribution in [3.8, 4) is 5.75 Å². The number of fused-ring (bicyclic) bond motifs is 1. The molecule has 0 aliphatic heterocycles. The van der Waals surface area contributed by atoms with Crippen LogP contribution in [-0.2, 0) is 4.74 Å². The lowest BCUT2D eigenvalue weighted by molar-refractivity contribution is 0.0735. The van der Waals surface area contributed by atoms with Gasteiger partial charge >= 0.3 is 11.6 Å². The highest BCUT2D eigenvalue weighted by Crippen LogP contribution is 2.25. The van der Waals surface area contributed by atoms with E-state index in [9.17, 15) is 14.4 Å². The van der Waals surface area contributed by atoms with E-state index in [2.05, 4.69) is 5.32 Å². The molecule has 0 bridgehead atoms. The van der Waals surface area contributed by atoms with Crippen LogP contribution in [0, 0.1) is 0 Å². The van der Waals surface area contributed by atoms with Gasteiger partial charge in [0.05, 0.1) is 10.6 Å². The average Bonchev–Trinajstić information content (AvgIpc) is 2.70. The Labute approximate surface area is 181 Å². The fourth-order valence-electron chi connectivity index (χ4n) is 2.64. The second kappa shape index (κ2) is 9.75. The van der Waals surface area contributed by atoms with E-state index in [0.29, 0.717) is 30.0 Å². The zero-order valence-corrected chi connectivity index (χ0v) is 17.4. The Kier molecular flexibility index (Phi) is 7.10. The summed E-state index contributed by atoms with van der Waals surface area (Å²) in [5.41, 5.74) is -0.597. The van der Waals surface area contributed by atoms with Crippen LogP contribution in [0.4, 0.5) is 0 Å². The summed E-state index contributed by atoms with van der Waals surface area (Å²) in [7, 11) is 1.56. The van der Waals surface area contributed by atoms with E-state index in [0.717, 1.165) is 0 Å². The number of carbonyl (C=O) groups is 2. The first kappa shape index (κ1) is 21.8. The van der Waals surface area contributed by atoms with E-state index >= 15 is 0 Å². The summed E-state index contributed by atoms with van der Waals surface area (Å²) in [6, 6.07) is 10.3. The van der Waals surface area contributed by atoms with Crippen LogP contribution in [0.2, 0.25) is 10.0 Å². The number of ether oxygens (including phenoxy) is 2. The molecule has 0 fully saturated rings. The molecule has 2 aromatic carbocycles. The number of amides is 1. The lowest BCUT2D eigenvalue weighted by Crippen LogP contribution is -2.29. The molecule has 1 aromatic heterocycles. The highest BCUT2D eigenvalue weighted by atomic mass is 35.5. The van der Waals surface area contributed by atoms with Crippen LogP contribution in [0.1, 0.15) is 27.1 Å². The highest BCUT2D eigenvalue weighted by molar-refractivity contribution is 6.36. The van der Waals surface area contributed by atoms with Gasteiger partial charge in [-0.25, -0.2) is 9.59 Å². The quantitative estimate of drug-likeness (QED) is 0.252. The maximum atomic E-state index is 12.3. The topological polar surface area (TPSA) is 94.8 Å². The third-order valence-corrected chi connectivity index (χ3v) is 4.67. The Morgan fingerprint density at radius 3 is 2.60 bits per heavy atom. The first-order valence-electron chi connectivity index (χ1n) is 8.91. The largest absolute Gasteiger partial charge is 0.423 e. The molecule has 3 rings (SSSR count). The van der Waals surface area contributed by atoms with Crippen molar-refractivity contribution in [3.05, 3.63) is 74.1 Å². The maximum Gasteiger partial charge on any atom is 0.349 e. The summed E-state index contributed by atoms with van der Waals surface area (Å²) in [6.07, 6.45) is 0.619. The molecule has 30 heavy (non-hydrogen) atoms. The molecule has 0 atom stereocenters. The Bertz CT molecular complexity index is 1160. The van der Waals surface area contributed by atoms with Gasteiger partial charge in [0.2, 0.25) is 0 Å². The average molecular weight is 450 g/mol. The number of esters is 1. The molecule has 0 aliphatic rings. The molecule has 156 valence electrons. The number of rotatable bonds is 7. The van der Waals surface area contributed by atoms with Gasteiger partial charge in [0.25, 0.3) is 5.91 Å². The van der Waals surface area contributed by atoms with Gasteiger partial charge in [-0.3, -0.25) is 4.79 Å². The van der Waals surface area contributed by atoms with E-state index in [1.165, 1.54) is 36.4 Å². The van der Waals surface area contributed by atoms with Crippen LogP contribution in [0.15, 0.2) is 51.7 Å². The Morgan fingerprint density at radius 2 is 1.87 bits per heavy atom. The molecule has 9 heteroatoms. The smallest absolute Gasteiger partial charge is 0.349 e. The van der Waals surface area contributed by atoms with Gasteiger partial charge in [-0.05, 0) is 42.8 Å². The van der Waals surface area contributed by atoms with Crippen LogP contribution < -0.4 is 15.7 Å². The fourth-order valence-corrected chi connectivity index (χ4v) is 3.13. The van der Waals surface area contributed by atoms with Gasteiger partial charge in [-0.1, -0.05) is 23.2 Å². The zero-order valence-electron chi connectivity index (χ0n) is 15.9. The third-order valence-electron chi connectivity index (χ3n) is 4.12. The van der Waals surface area contributed by atoms with Crippen LogP contribution >= 0.6 is 23.2 Å². The molecular formula is C21H17Cl2NO6. The van der Waals surface area contributed by atoms with Crippen LogP contribution in [0.3, 0.4) is 0 Å². The Balaban J connectivity index is 1.79. The monoisotopic (exact) mass is 449 g/mol. The summed E-state index contributed by atoms with van der Waals surface area (Å²) in [6.45, 7) is 0.863. The number of halogens is 2. The highest BCUT2D eigenvalue weighted by Gasteiger charge is 2.16. The maximum absolute atomic E-state index is 12.3. The number of hydrogen-bond donors (Lipinski definition) is 1. The molecule has 0 radical (unpaired) electrons. The van der Waals surface area contributed by atoms with Gasteiger partial charge in [-0.15, -0.1) is 0 Å². The second-order valence-electron chi connectivity index (χ2n) is 6.26. The first-order chi connectivity index (χ1) is 14.4. The van der Waals surface area contributed by atoms with Crippen molar-refractivity contribution in [1.29, 1.82) is 0 Å². The Morgan fingerprint density at radius 1 is 1.07 bits per heavy atom. The van der Waals surface area contributed by atoms with Crippen molar-refractivity contribution >= 4 is 46.0 Å². The summed E-state index contributed by atoms with van der Waals surface area (Å²) in [5, 5.41) is 3.68. The lowest BCUT2D eigenvalue weighted by Gasteiger charge is -2.08. The molecule has 7 nitrogen and oxygen atoms in total. The molecule has 0 saturated carbocycles. The van der Waals surface area contributed by atoms with Gasteiger partial charge in [0.15, 0.2) is 0 Å². The standard InChI is InChI=1S/C21H17Cl2NO6/c1-28-8-2-7-24-19(25)16-9-12-3-5-14(11-18(12)30-21(16)27)29-20(26)15-6-4-13(22)10-17(15)23/h3-6,9-11H,2,7-8H2,1H3,(H,24,25). The number of hydrogen-bond acceptors (Lipinski definition) is 6. The molecule has 0 spiro atoms. The summed E-state index contributed by atoms with van der Waals surface area (Å²) < 4.78 is 15.4. The van der Waals surface area contributed by atoms with Crippen molar-refractivity contribution in [1.82, 2.24) is 5.32 Å². The van der Waals surface area contributed by atoms with E-state index in [-0.39, 0.29) is 27.5 Å². The molecule has 1 amide bonds. The van der Waals surface area contributed by atoms with Crippen molar-refractivity contribution in [2.45, 2.75) is 6.42 Å². The summed E-state index contributed by atoms with van der Waals surface area (Å²) >= 11 is 11.8. The number of nitrogens with one attached hydrogen (secondary N) is 1. The summed E-state index contributed by atoms with van der Waals surface area (Å²) in [5.74, 6) is -1.07. The lowest BCUT2D eigenvalue weighted by atomic mass is 10.1. The van der Waals surface area contributed by atoms with E-state index in [1.54, 1.807) is 13.2 Å². The molecular weight excluding hydrogens is 433 g/mol. The van der Waals surface area contributed by atoms with Crippen molar-refractivity contribution < 1.29 is 23.5 Å². The number of benzene rings is 2. The second-order valence-corrected chi connectivity index (χ2v) is 7.11. The molecule has 1 heterocycles. The van der Waals surface area contributed by atoms with Crippen molar-refractivity contribution in [2.75, 3.05) is 20.3 Å². The minimum Gasteiger partial charge on any atom is -0.423 e. The molecule has 0 saturated heterocycles. The minimum absolute atomic E-state index is 0.113. The van der Waals surface area contributed by atoms with E-state index < -0.39 is 17.5 Å². The fraction of sp³-hybridized carbons (Fsp3) is 0.190. The molecule has 1 N–H and O–H groups in total. The summed E-state index contributed by atoms with van der Waals surface area (Å²) in [4.78, 5) is 36.7. The zero-order chi connectivity index (χ0) is 21.7. The van der Waals surface area contributed by atoms with Crippen LogP contribution in [-0.4, -0.2) is 32.1 Å². The predicted molar refractivity (Wildman–Crippen MR) is 113 cm³/mol. The van der Waals surface area contributed by atoms with Crippen molar-refractivity contribution in [3.63, 3.8) is 0 Å². The number of carbonyl (C=O) groups excluding carboxylic acids is 2. The predicted octanol–water partition coefficient (Wildman–Crippen LogP) is 4.09. The van der Waals surface area contributed by atoms with Crippen LogP contribution in [0.25, 0.3) is 11.0 Å². The minimum atomic E-state index is -0.795. The van der Waals surface area contributed by atoms with Gasteiger partial charge in [-0.2, -0.15) is 0 Å². The SMILES string of the molecule is COCCCNC(=O)c1cc2ccc(OC(=O)c3ccc(Cl)cc3Cl)cc2oc1=O. The first-order valence-corrected chi connectivity index (χ1v) is 9.67. The van der Waals surface area contributed by atoms with Gasteiger partial charge < -0.3 is 19.2 Å². The molecule has 0 aliphatic carbocycles. The van der Waals surface area contributed by atoms with E-state index in [4.69, 9.17) is 37.1 Å². The van der Waals surface area contributed by atoms with Gasteiger partial charge in [0.1, 0.15) is 16.9 Å².